The molecule has 4 heterocycles. The summed E-state index contributed by atoms with van der Waals surface area (Å²) in [4.78, 5) is 40.3. The van der Waals surface area contributed by atoms with Crippen LogP contribution in [0.3, 0.4) is 0 Å². The van der Waals surface area contributed by atoms with Gasteiger partial charge in [0.25, 0.3) is 0 Å². The van der Waals surface area contributed by atoms with Crippen LogP contribution in [0, 0.1) is 13.8 Å². The second-order valence-electron chi connectivity index (χ2n) is 12.0. The Labute approximate surface area is 308 Å². The summed E-state index contributed by atoms with van der Waals surface area (Å²) in [6.07, 6.45) is 3.42. The number of hydrogen-bond donors (Lipinski definition) is 6. The molecule has 16 heteroatoms. The maximum atomic E-state index is 11.4. The lowest BCUT2D eigenvalue weighted by Gasteiger charge is -2.12. The first-order chi connectivity index (χ1) is 26.2. The molecule has 2 aromatic heterocycles. The van der Waals surface area contributed by atoms with E-state index in [2.05, 4.69) is 41.2 Å². The molecule has 8 rings (SSSR count). The number of fused-ring (bicyclic) bond motifs is 2. The summed E-state index contributed by atoms with van der Waals surface area (Å²) < 4.78 is 21.4. The third kappa shape index (κ3) is 8.29. The van der Waals surface area contributed by atoms with Crippen molar-refractivity contribution in [3.63, 3.8) is 0 Å². The number of nitrogens with zero attached hydrogens (tertiary/aromatic N) is 4. The van der Waals surface area contributed by atoms with E-state index in [9.17, 15) is 9.59 Å². The van der Waals surface area contributed by atoms with E-state index >= 15 is 0 Å². The Hall–Kier alpha value is -7.62. The predicted molar refractivity (Wildman–Crippen MR) is 202 cm³/mol. The first kappa shape index (κ1) is 34.8. The molecule has 0 atom stereocenters. The van der Waals surface area contributed by atoms with Crippen LogP contribution in [0.15, 0.2) is 97.3 Å². The summed E-state index contributed by atoms with van der Waals surface area (Å²) in [5.41, 5.74) is 16.2. The van der Waals surface area contributed by atoms with E-state index in [1.807, 2.05) is 56.3 Å². The molecule has 0 aliphatic carbocycles. The van der Waals surface area contributed by atoms with Crippen molar-refractivity contribution in [1.29, 1.82) is 0 Å². The van der Waals surface area contributed by atoms with Crippen molar-refractivity contribution < 1.29 is 28.5 Å². The van der Waals surface area contributed by atoms with Gasteiger partial charge in [-0.2, -0.15) is 9.97 Å². The SMILES string of the molecule is Cc1cnc(Nc2ccc3c(c2)OCO3)nc1Nc1cccc(C(N)=O)c1.Cc1cnc(Nc2cccc(C(N)=O)c2)nc1Nc1ccc2c(c1)OCO2. The highest BCUT2D eigenvalue weighted by atomic mass is 16.7. The Morgan fingerprint density at radius 3 is 1.41 bits per heavy atom. The zero-order valence-electron chi connectivity index (χ0n) is 29.0. The first-order valence-corrected chi connectivity index (χ1v) is 16.5. The number of anilines is 8. The number of carbonyl (C=O) groups is 2. The van der Waals surface area contributed by atoms with Gasteiger partial charge < -0.3 is 51.7 Å². The third-order valence-corrected chi connectivity index (χ3v) is 8.02. The predicted octanol–water partition coefficient (Wildman–Crippen LogP) is 6.20. The van der Waals surface area contributed by atoms with Gasteiger partial charge in [0.1, 0.15) is 11.6 Å². The van der Waals surface area contributed by atoms with Crippen LogP contribution in [0.2, 0.25) is 0 Å². The van der Waals surface area contributed by atoms with Gasteiger partial charge >= 0.3 is 0 Å². The van der Waals surface area contributed by atoms with Crippen molar-refractivity contribution in [2.24, 2.45) is 11.5 Å². The number of aromatic nitrogens is 4. The molecular weight excluding hydrogens is 692 g/mol. The molecule has 2 aliphatic rings. The van der Waals surface area contributed by atoms with Crippen LogP contribution in [0.25, 0.3) is 0 Å². The molecule has 8 N–H and O–H groups in total. The van der Waals surface area contributed by atoms with Crippen LogP contribution >= 0.6 is 0 Å². The molecule has 0 bridgehead atoms. The van der Waals surface area contributed by atoms with Crippen molar-refractivity contribution in [2.75, 3.05) is 34.9 Å². The van der Waals surface area contributed by atoms with E-state index in [4.69, 9.17) is 30.4 Å². The van der Waals surface area contributed by atoms with E-state index in [0.717, 1.165) is 28.3 Å². The van der Waals surface area contributed by atoms with Crippen LogP contribution < -0.4 is 51.7 Å². The van der Waals surface area contributed by atoms with Crippen LogP contribution in [0.1, 0.15) is 31.8 Å². The topological polar surface area (TPSA) is 223 Å². The van der Waals surface area contributed by atoms with Crippen LogP contribution in [0.4, 0.5) is 46.3 Å². The summed E-state index contributed by atoms with van der Waals surface area (Å²) in [5.74, 6) is 3.91. The van der Waals surface area contributed by atoms with E-state index in [1.54, 1.807) is 54.9 Å². The Kier molecular flexibility index (Phi) is 9.88. The summed E-state index contributed by atoms with van der Waals surface area (Å²) >= 11 is 0. The zero-order valence-corrected chi connectivity index (χ0v) is 29.0. The lowest BCUT2D eigenvalue weighted by molar-refractivity contribution is 0.0992. The minimum atomic E-state index is -0.492. The Balaban J connectivity index is 0.000000167. The van der Waals surface area contributed by atoms with Gasteiger partial charge in [-0.3, -0.25) is 9.59 Å². The number of rotatable bonds is 10. The first-order valence-electron chi connectivity index (χ1n) is 16.5. The second kappa shape index (κ2) is 15.3. The fraction of sp³-hybridized carbons (Fsp3) is 0.105. The molecule has 6 aromatic rings. The molecule has 272 valence electrons. The quantitative estimate of drug-likeness (QED) is 0.0925. The molecule has 0 unspecified atom stereocenters. The number of carbonyl (C=O) groups excluding carboxylic acids is 2. The largest absolute Gasteiger partial charge is 0.454 e. The van der Waals surface area contributed by atoms with Gasteiger partial charge in [0, 0.05) is 69.5 Å². The number of aryl methyl sites for hydroxylation is 2. The molecule has 0 saturated carbocycles. The molecular formula is C38H34N10O6. The average molecular weight is 727 g/mol. The van der Waals surface area contributed by atoms with Gasteiger partial charge in [0.05, 0.1) is 0 Å². The molecule has 4 aromatic carbocycles. The Bertz CT molecular complexity index is 2370. The molecule has 0 saturated heterocycles. The van der Waals surface area contributed by atoms with Crippen LogP contribution in [-0.4, -0.2) is 45.3 Å². The number of amides is 2. The zero-order chi connectivity index (χ0) is 37.6. The highest BCUT2D eigenvalue weighted by Crippen LogP contribution is 2.36. The van der Waals surface area contributed by atoms with Crippen molar-refractivity contribution in [2.45, 2.75) is 13.8 Å². The van der Waals surface area contributed by atoms with Crippen LogP contribution in [0.5, 0.6) is 23.0 Å². The van der Waals surface area contributed by atoms with Gasteiger partial charge in [0.2, 0.25) is 37.3 Å². The Morgan fingerprint density at radius 2 is 0.944 bits per heavy atom. The maximum absolute atomic E-state index is 11.4. The lowest BCUT2D eigenvalue weighted by atomic mass is 10.2. The third-order valence-electron chi connectivity index (χ3n) is 8.02. The highest BCUT2D eigenvalue weighted by molar-refractivity contribution is 5.94. The van der Waals surface area contributed by atoms with Gasteiger partial charge in [-0.1, -0.05) is 12.1 Å². The van der Waals surface area contributed by atoms with Gasteiger partial charge in [-0.25, -0.2) is 9.97 Å². The van der Waals surface area contributed by atoms with E-state index in [1.165, 1.54) is 0 Å². The normalized spacial score (nSPS) is 11.9. The van der Waals surface area contributed by atoms with Crippen molar-refractivity contribution >= 4 is 58.1 Å². The number of nitrogens with one attached hydrogen (secondary N) is 4. The lowest BCUT2D eigenvalue weighted by Crippen LogP contribution is -2.11. The summed E-state index contributed by atoms with van der Waals surface area (Å²) in [5, 5.41) is 12.7. The van der Waals surface area contributed by atoms with E-state index in [0.29, 0.717) is 63.3 Å². The summed E-state index contributed by atoms with van der Waals surface area (Å²) in [6.45, 7) is 4.25. The van der Waals surface area contributed by atoms with E-state index < -0.39 is 11.8 Å². The van der Waals surface area contributed by atoms with Crippen molar-refractivity contribution in [1.82, 2.24) is 19.9 Å². The summed E-state index contributed by atoms with van der Waals surface area (Å²) in [6, 6.07) is 24.9. The smallest absolute Gasteiger partial charge is 0.248 e. The summed E-state index contributed by atoms with van der Waals surface area (Å²) in [7, 11) is 0. The highest BCUT2D eigenvalue weighted by Gasteiger charge is 2.16. The monoisotopic (exact) mass is 726 g/mol. The minimum Gasteiger partial charge on any atom is -0.454 e. The fourth-order valence-corrected chi connectivity index (χ4v) is 5.24. The number of primary amides is 2. The number of nitrogens with two attached hydrogens (primary N) is 2. The standard InChI is InChI=1S/2C19H17N5O3/c1-11-9-21-19(23-13-4-2-3-12(7-13)17(20)25)24-18(11)22-14-5-6-15-16(8-14)27-10-26-15;1-11-9-21-19(23-14-5-6-15-16(8-14)27-10-26-15)24-18(11)22-13-4-2-3-12(7-13)17(20)25/h2*2-9H,10H2,1H3,(H2,20,25)(H2,21,22,23,24). The molecule has 0 fully saturated rings. The second-order valence-corrected chi connectivity index (χ2v) is 12.0. The van der Waals surface area contributed by atoms with Gasteiger partial charge in [-0.15, -0.1) is 0 Å². The van der Waals surface area contributed by atoms with Crippen molar-refractivity contribution in [3.05, 3.63) is 120 Å². The Morgan fingerprint density at radius 1 is 0.537 bits per heavy atom. The molecule has 16 nitrogen and oxygen atoms in total. The van der Waals surface area contributed by atoms with Crippen molar-refractivity contribution in [3.8, 4) is 23.0 Å². The molecule has 0 spiro atoms. The molecule has 54 heavy (non-hydrogen) atoms. The average Bonchev–Trinajstić information content (AvgIpc) is 3.84. The molecule has 2 amide bonds. The number of hydrogen-bond acceptors (Lipinski definition) is 14. The van der Waals surface area contributed by atoms with E-state index in [-0.39, 0.29) is 13.6 Å². The molecule has 0 radical (unpaired) electrons. The molecule has 2 aliphatic heterocycles. The van der Waals surface area contributed by atoms with Gasteiger partial charge in [-0.05, 0) is 74.5 Å². The number of ether oxygens (including phenoxy) is 4. The maximum Gasteiger partial charge on any atom is 0.248 e. The minimum absolute atomic E-state index is 0.220. The van der Waals surface area contributed by atoms with Crippen LogP contribution in [-0.2, 0) is 0 Å². The fourth-order valence-electron chi connectivity index (χ4n) is 5.24. The van der Waals surface area contributed by atoms with Gasteiger partial charge in [0.15, 0.2) is 23.0 Å². The number of benzene rings is 4.